The molecule has 0 radical (unpaired) electrons. The molecule has 0 bridgehead atoms. The smallest absolute Gasteiger partial charge is 0.410 e. The molecule has 1 saturated carbocycles. The van der Waals surface area contributed by atoms with E-state index >= 15 is 0 Å². The van der Waals surface area contributed by atoms with Crippen molar-refractivity contribution in [1.29, 1.82) is 0 Å². The summed E-state index contributed by atoms with van der Waals surface area (Å²) in [6.45, 7) is 1.44. The van der Waals surface area contributed by atoms with E-state index in [0.29, 0.717) is 19.7 Å². The number of sulfonamides is 1. The van der Waals surface area contributed by atoms with Gasteiger partial charge in [0.1, 0.15) is 6.61 Å². The summed E-state index contributed by atoms with van der Waals surface area (Å²) >= 11 is 0. The van der Waals surface area contributed by atoms with Crippen LogP contribution in [0.3, 0.4) is 0 Å². The van der Waals surface area contributed by atoms with Crippen LogP contribution in [-0.4, -0.2) is 61.3 Å². The summed E-state index contributed by atoms with van der Waals surface area (Å²) in [5, 5.41) is 0. The number of carbonyl (C=O) groups excluding carboxylic acids is 1. The maximum atomic E-state index is 13.2. The van der Waals surface area contributed by atoms with Crippen LogP contribution in [0.5, 0.6) is 0 Å². The first kappa shape index (κ1) is 21.8. The van der Waals surface area contributed by atoms with Crippen molar-refractivity contribution >= 4 is 16.1 Å². The lowest BCUT2D eigenvalue weighted by Gasteiger charge is -2.33. The Labute approximate surface area is 183 Å². The van der Waals surface area contributed by atoms with E-state index in [9.17, 15) is 13.2 Å². The number of nitrogens with zero attached hydrogens (tertiary/aromatic N) is 2. The number of hydrogen-bond acceptors (Lipinski definition) is 5. The van der Waals surface area contributed by atoms with Crippen LogP contribution in [0.2, 0.25) is 0 Å². The quantitative estimate of drug-likeness (QED) is 0.626. The summed E-state index contributed by atoms with van der Waals surface area (Å²) < 4.78 is 39.1. The van der Waals surface area contributed by atoms with Crippen molar-refractivity contribution in [1.82, 2.24) is 9.21 Å². The van der Waals surface area contributed by atoms with Crippen LogP contribution in [0.4, 0.5) is 4.79 Å². The summed E-state index contributed by atoms with van der Waals surface area (Å²) in [6, 6.07) is 19.1. The molecular formula is C23H28N2O5S. The average molecular weight is 445 g/mol. The van der Waals surface area contributed by atoms with Gasteiger partial charge in [-0.15, -0.1) is 0 Å². The molecule has 1 heterocycles. The van der Waals surface area contributed by atoms with Gasteiger partial charge in [0, 0.05) is 19.1 Å². The van der Waals surface area contributed by atoms with Crippen LogP contribution in [0.15, 0.2) is 60.7 Å². The van der Waals surface area contributed by atoms with Crippen LogP contribution in [0.25, 0.3) is 0 Å². The second kappa shape index (κ2) is 9.80. The molecule has 0 aromatic heterocycles. The molecule has 4 rings (SSSR count). The van der Waals surface area contributed by atoms with E-state index in [4.69, 9.17) is 9.47 Å². The highest BCUT2D eigenvalue weighted by atomic mass is 32.2. The first-order valence-electron chi connectivity index (χ1n) is 10.6. The topological polar surface area (TPSA) is 76.1 Å². The van der Waals surface area contributed by atoms with Gasteiger partial charge in [0.2, 0.25) is 10.0 Å². The molecule has 8 heteroatoms. The van der Waals surface area contributed by atoms with E-state index in [1.54, 1.807) is 4.31 Å². The molecule has 166 valence electrons. The molecule has 0 unspecified atom stereocenters. The van der Waals surface area contributed by atoms with Gasteiger partial charge in [0.25, 0.3) is 0 Å². The number of morpholine rings is 1. The number of ether oxygens (including phenoxy) is 2. The van der Waals surface area contributed by atoms with E-state index in [2.05, 4.69) is 0 Å². The van der Waals surface area contributed by atoms with Gasteiger partial charge >= 0.3 is 6.09 Å². The van der Waals surface area contributed by atoms with E-state index in [-0.39, 0.29) is 24.9 Å². The summed E-state index contributed by atoms with van der Waals surface area (Å²) in [6.07, 6.45) is 0.753. The Bertz CT molecular complexity index is 964. The van der Waals surface area contributed by atoms with Gasteiger partial charge in [-0.1, -0.05) is 60.7 Å². The van der Waals surface area contributed by atoms with Crippen molar-refractivity contribution in [3.05, 3.63) is 71.8 Å². The Morgan fingerprint density at radius 2 is 1.68 bits per heavy atom. The van der Waals surface area contributed by atoms with Gasteiger partial charge in [-0.3, -0.25) is 0 Å². The molecule has 1 atom stereocenters. The molecule has 1 aliphatic carbocycles. The monoisotopic (exact) mass is 444 g/mol. The molecule has 1 aliphatic heterocycles. The normalized spacial score (nSPS) is 19.4. The van der Waals surface area contributed by atoms with Crippen LogP contribution in [0.1, 0.15) is 24.0 Å². The van der Waals surface area contributed by atoms with Gasteiger partial charge in [-0.25, -0.2) is 13.2 Å². The lowest BCUT2D eigenvalue weighted by Crippen LogP contribution is -2.49. The molecule has 2 aromatic carbocycles. The Balaban J connectivity index is 1.34. The first-order valence-corrected chi connectivity index (χ1v) is 12.2. The highest BCUT2D eigenvalue weighted by Crippen LogP contribution is 2.31. The Hall–Kier alpha value is -2.42. The van der Waals surface area contributed by atoms with E-state index in [1.165, 1.54) is 4.90 Å². The average Bonchev–Trinajstić information content (AvgIpc) is 3.62. The van der Waals surface area contributed by atoms with E-state index in [1.807, 2.05) is 60.7 Å². The Morgan fingerprint density at radius 1 is 1.03 bits per heavy atom. The predicted molar refractivity (Wildman–Crippen MR) is 117 cm³/mol. The number of hydrogen-bond donors (Lipinski definition) is 0. The highest BCUT2D eigenvalue weighted by molar-refractivity contribution is 7.89. The maximum Gasteiger partial charge on any atom is 0.410 e. The van der Waals surface area contributed by atoms with Crippen molar-refractivity contribution in [3.63, 3.8) is 0 Å². The molecule has 7 nitrogen and oxygen atoms in total. The summed E-state index contributed by atoms with van der Waals surface area (Å²) in [5.74, 6) is -0.140. The SMILES string of the molecule is O=C(OCc1ccccc1)N1CCO[C@@H](CS(=O)(=O)N(Cc2ccccc2)C2CC2)C1. The van der Waals surface area contributed by atoms with Crippen LogP contribution in [0, 0.1) is 0 Å². The van der Waals surface area contributed by atoms with Crippen LogP contribution in [-0.2, 0) is 32.6 Å². The first-order chi connectivity index (χ1) is 15.0. The molecule has 0 spiro atoms. The lowest BCUT2D eigenvalue weighted by molar-refractivity contribution is -0.0182. The predicted octanol–water partition coefficient (Wildman–Crippen LogP) is 3.02. The number of benzene rings is 2. The van der Waals surface area contributed by atoms with Crippen LogP contribution < -0.4 is 0 Å². The highest BCUT2D eigenvalue weighted by Gasteiger charge is 2.39. The molecule has 0 N–H and O–H groups in total. The molecule has 1 amide bonds. The van der Waals surface area contributed by atoms with Crippen LogP contribution >= 0.6 is 0 Å². The van der Waals surface area contributed by atoms with Crippen molar-refractivity contribution in [3.8, 4) is 0 Å². The number of carbonyl (C=O) groups is 1. The third-order valence-electron chi connectivity index (χ3n) is 5.49. The summed E-state index contributed by atoms with van der Waals surface area (Å²) in [5.41, 5.74) is 1.87. The van der Waals surface area contributed by atoms with Gasteiger partial charge in [-0.2, -0.15) is 4.31 Å². The maximum absolute atomic E-state index is 13.2. The standard InChI is InChI=1S/C23H28N2O5S/c26-23(30-17-20-9-5-2-6-10-20)24-13-14-29-22(16-24)18-31(27,28)25(21-11-12-21)15-19-7-3-1-4-8-19/h1-10,21-22H,11-18H2/t22-/m1/s1. The zero-order valence-corrected chi connectivity index (χ0v) is 18.2. The molecular weight excluding hydrogens is 416 g/mol. The third kappa shape index (κ3) is 6.06. The van der Waals surface area contributed by atoms with Gasteiger partial charge in [0.05, 0.1) is 25.0 Å². The number of amides is 1. The van der Waals surface area contributed by atoms with Crippen molar-refractivity contribution in [2.45, 2.75) is 38.1 Å². The minimum absolute atomic E-state index is 0.0562. The fraction of sp³-hybridized carbons (Fsp3) is 0.435. The fourth-order valence-electron chi connectivity index (χ4n) is 3.71. The molecule has 2 aliphatic rings. The molecule has 31 heavy (non-hydrogen) atoms. The minimum atomic E-state index is -3.53. The van der Waals surface area contributed by atoms with Gasteiger partial charge in [-0.05, 0) is 24.0 Å². The van der Waals surface area contributed by atoms with Gasteiger partial charge < -0.3 is 14.4 Å². The second-order valence-electron chi connectivity index (χ2n) is 8.02. The zero-order valence-electron chi connectivity index (χ0n) is 17.4. The molecule has 1 saturated heterocycles. The van der Waals surface area contributed by atoms with E-state index in [0.717, 1.165) is 24.0 Å². The minimum Gasteiger partial charge on any atom is -0.445 e. The molecule has 2 fully saturated rings. The number of rotatable bonds is 8. The van der Waals surface area contributed by atoms with Crippen molar-refractivity contribution in [2.75, 3.05) is 25.4 Å². The Morgan fingerprint density at radius 3 is 2.32 bits per heavy atom. The summed E-state index contributed by atoms with van der Waals surface area (Å²) in [7, 11) is -3.53. The largest absolute Gasteiger partial charge is 0.445 e. The van der Waals surface area contributed by atoms with Gasteiger partial charge in [0.15, 0.2) is 0 Å². The van der Waals surface area contributed by atoms with E-state index < -0.39 is 22.2 Å². The zero-order chi connectivity index (χ0) is 21.7. The fourth-order valence-corrected chi connectivity index (χ4v) is 5.58. The van der Waals surface area contributed by atoms with Crippen molar-refractivity contribution < 1.29 is 22.7 Å². The van der Waals surface area contributed by atoms with Crippen molar-refractivity contribution in [2.24, 2.45) is 0 Å². The second-order valence-corrected chi connectivity index (χ2v) is 9.99. The lowest BCUT2D eigenvalue weighted by atomic mass is 10.2. The summed E-state index contributed by atoms with van der Waals surface area (Å²) in [4.78, 5) is 14.0. The Kier molecular flexibility index (Phi) is 6.89. The third-order valence-corrected chi connectivity index (χ3v) is 7.43. The molecule has 2 aromatic rings.